The summed E-state index contributed by atoms with van der Waals surface area (Å²) in [7, 11) is 0. The van der Waals surface area contributed by atoms with Crippen LogP contribution in [0.25, 0.3) is 0 Å². The molecule has 1 aromatic carbocycles. The largest absolute Gasteiger partial charge is 0.390 e. The summed E-state index contributed by atoms with van der Waals surface area (Å²) >= 11 is 0. The maximum Gasteiger partial charge on any atom is 0.126 e. The van der Waals surface area contributed by atoms with Gasteiger partial charge in [-0.25, -0.2) is 4.39 Å². The molecule has 3 heteroatoms. The summed E-state index contributed by atoms with van der Waals surface area (Å²) in [6.07, 6.45) is 0.839. The van der Waals surface area contributed by atoms with Crippen LogP contribution >= 0.6 is 0 Å². The van der Waals surface area contributed by atoms with Crippen molar-refractivity contribution in [1.29, 1.82) is 0 Å². The van der Waals surface area contributed by atoms with Crippen molar-refractivity contribution < 1.29 is 14.2 Å². The van der Waals surface area contributed by atoms with E-state index in [2.05, 4.69) is 13.8 Å². The number of aliphatic hydroxyl groups excluding tert-OH is 1. The first-order chi connectivity index (χ1) is 8.89. The number of fused-ring (bicyclic) bond motifs is 2. The van der Waals surface area contributed by atoms with Gasteiger partial charge in [-0.3, -0.25) is 0 Å². The third kappa shape index (κ3) is 1.68. The monoisotopic (exact) mass is 264 g/mol. The van der Waals surface area contributed by atoms with Crippen LogP contribution in [-0.4, -0.2) is 22.4 Å². The van der Waals surface area contributed by atoms with Crippen molar-refractivity contribution in [2.45, 2.75) is 56.8 Å². The Balaban J connectivity index is 2.07. The first-order valence-electron chi connectivity index (χ1n) is 7.02. The van der Waals surface area contributed by atoms with Gasteiger partial charge in [0.1, 0.15) is 5.82 Å². The Hall–Kier alpha value is -0.930. The lowest BCUT2D eigenvalue weighted by atomic mass is 9.66. The van der Waals surface area contributed by atoms with Crippen molar-refractivity contribution in [3.05, 3.63) is 35.6 Å². The van der Waals surface area contributed by atoms with E-state index in [9.17, 15) is 9.50 Å². The topological polar surface area (TPSA) is 29.5 Å². The third-order valence-electron chi connectivity index (χ3n) is 5.10. The van der Waals surface area contributed by atoms with E-state index < -0.39 is 17.3 Å². The van der Waals surface area contributed by atoms with Crippen molar-refractivity contribution in [3.8, 4) is 0 Å². The zero-order valence-electron chi connectivity index (χ0n) is 11.7. The third-order valence-corrected chi connectivity index (χ3v) is 5.10. The number of aliphatic hydroxyl groups is 1. The number of halogens is 1. The van der Waals surface area contributed by atoms with Crippen LogP contribution in [0.4, 0.5) is 4.39 Å². The predicted octanol–water partition coefficient (Wildman–Crippen LogP) is 3.25. The Morgan fingerprint density at radius 1 is 1.32 bits per heavy atom. The molecule has 3 rings (SSSR count). The quantitative estimate of drug-likeness (QED) is 0.888. The van der Waals surface area contributed by atoms with Gasteiger partial charge in [0.15, 0.2) is 0 Å². The molecule has 4 atom stereocenters. The van der Waals surface area contributed by atoms with Crippen LogP contribution in [0.1, 0.15) is 45.1 Å². The predicted molar refractivity (Wildman–Crippen MR) is 71.4 cm³/mol. The molecule has 2 saturated heterocycles. The van der Waals surface area contributed by atoms with Crippen molar-refractivity contribution in [3.63, 3.8) is 0 Å². The second-order valence-electron chi connectivity index (χ2n) is 6.52. The molecule has 2 heterocycles. The first kappa shape index (κ1) is 13.1. The smallest absolute Gasteiger partial charge is 0.126 e. The molecule has 2 nitrogen and oxygen atoms in total. The van der Waals surface area contributed by atoms with Crippen LogP contribution in [0.15, 0.2) is 24.3 Å². The summed E-state index contributed by atoms with van der Waals surface area (Å²) in [4.78, 5) is 0. The Morgan fingerprint density at radius 2 is 2.00 bits per heavy atom. The lowest BCUT2D eigenvalue weighted by Crippen LogP contribution is -2.42. The van der Waals surface area contributed by atoms with Crippen LogP contribution in [-0.2, 0) is 4.74 Å². The molecule has 1 N–H and O–H groups in total. The Bertz CT molecular complexity index is 501. The van der Waals surface area contributed by atoms with Gasteiger partial charge in [0.05, 0.1) is 17.3 Å². The molecule has 2 aliphatic rings. The SMILES string of the molecule is CC(C)[C@]12C[C@@H](O)[C@](C)(CC1c1ccccc1F)O2. The second kappa shape index (κ2) is 4.03. The van der Waals surface area contributed by atoms with Gasteiger partial charge in [-0.15, -0.1) is 0 Å². The van der Waals surface area contributed by atoms with Crippen molar-refractivity contribution in [1.82, 2.24) is 0 Å². The van der Waals surface area contributed by atoms with Crippen molar-refractivity contribution in [2.75, 3.05) is 0 Å². The highest BCUT2D eigenvalue weighted by molar-refractivity contribution is 5.31. The molecule has 0 saturated carbocycles. The second-order valence-corrected chi connectivity index (χ2v) is 6.52. The van der Waals surface area contributed by atoms with Crippen LogP contribution < -0.4 is 0 Å². The van der Waals surface area contributed by atoms with E-state index in [0.717, 1.165) is 5.56 Å². The van der Waals surface area contributed by atoms with Gasteiger partial charge in [0, 0.05) is 12.3 Å². The average molecular weight is 264 g/mol. The standard InChI is InChI=1S/C16H21FO2/c1-10(2)16-9-14(18)15(3,19-16)8-12(16)11-6-4-5-7-13(11)17/h4-7,10,12,14,18H,8-9H2,1-3H3/t12?,14-,15+,16-/m1/s1. The Morgan fingerprint density at radius 3 is 2.58 bits per heavy atom. The van der Waals surface area contributed by atoms with Crippen LogP contribution in [0.5, 0.6) is 0 Å². The van der Waals surface area contributed by atoms with Crippen molar-refractivity contribution in [2.24, 2.45) is 5.92 Å². The van der Waals surface area contributed by atoms with E-state index in [4.69, 9.17) is 4.74 Å². The lowest BCUT2D eigenvalue weighted by Gasteiger charge is -2.38. The molecule has 0 aliphatic carbocycles. The lowest BCUT2D eigenvalue weighted by molar-refractivity contribution is -0.0831. The normalized spacial score (nSPS) is 41.2. The van der Waals surface area contributed by atoms with E-state index in [0.29, 0.717) is 12.8 Å². The number of rotatable bonds is 2. The molecule has 2 bridgehead atoms. The van der Waals surface area contributed by atoms with E-state index in [-0.39, 0.29) is 17.7 Å². The number of benzene rings is 1. The number of hydrogen-bond donors (Lipinski definition) is 1. The molecule has 1 unspecified atom stereocenters. The summed E-state index contributed by atoms with van der Waals surface area (Å²) in [5.74, 6) is 0.111. The molecular weight excluding hydrogens is 243 g/mol. The van der Waals surface area contributed by atoms with Crippen molar-refractivity contribution >= 4 is 0 Å². The summed E-state index contributed by atoms with van der Waals surface area (Å²) in [5, 5.41) is 10.2. The van der Waals surface area contributed by atoms with Crippen LogP contribution in [0.2, 0.25) is 0 Å². The molecule has 104 valence electrons. The first-order valence-corrected chi connectivity index (χ1v) is 7.02. The number of ether oxygens (including phenoxy) is 1. The van der Waals surface area contributed by atoms with Gasteiger partial charge in [-0.2, -0.15) is 0 Å². The molecule has 0 aromatic heterocycles. The minimum Gasteiger partial charge on any atom is -0.390 e. The molecule has 0 amide bonds. The van der Waals surface area contributed by atoms with E-state index in [1.54, 1.807) is 6.07 Å². The van der Waals surface area contributed by atoms with Gasteiger partial charge in [0.25, 0.3) is 0 Å². The highest BCUT2D eigenvalue weighted by atomic mass is 19.1. The molecule has 0 radical (unpaired) electrons. The maximum absolute atomic E-state index is 14.1. The molecule has 2 fully saturated rings. The highest BCUT2D eigenvalue weighted by Gasteiger charge is 2.65. The zero-order valence-corrected chi connectivity index (χ0v) is 11.7. The molecule has 2 aliphatic heterocycles. The molecule has 0 spiro atoms. The minimum absolute atomic E-state index is 0.0297. The van der Waals surface area contributed by atoms with Gasteiger partial charge in [-0.1, -0.05) is 32.0 Å². The van der Waals surface area contributed by atoms with Crippen LogP contribution in [0, 0.1) is 11.7 Å². The van der Waals surface area contributed by atoms with E-state index >= 15 is 0 Å². The van der Waals surface area contributed by atoms with Gasteiger partial charge in [-0.05, 0) is 30.9 Å². The average Bonchev–Trinajstić information content (AvgIpc) is 2.78. The number of hydrogen-bond acceptors (Lipinski definition) is 2. The highest BCUT2D eigenvalue weighted by Crippen LogP contribution is 2.61. The molecular formula is C16H21FO2. The Kier molecular flexibility index (Phi) is 2.77. The van der Waals surface area contributed by atoms with Gasteiger partial charge in [0.2, 0.25) is 0 Å². The van der Waals surface area contributed by atoms with E-state index in [1.807, 2.05) is 19.1 Å². The van der Waals surface area contributed by atoms with Gasteiger partial charge < -0.3 is 9.84 Å². The summed E-state index contributed by atoms with van der Waals surface area (Å²) in [5.41, 5.74) is -0.236. The molecule has 19 heavy (non-hydrogen) atoms. The maximum atomic E-state index is 14.1. The zero-order chi connectivity index (χ0) is 13.8. The fourth-order valence-electron chi connectivity index (χ4n) is 3.92. The summed E-state index contributed by atoms with van der Waals surface area (Å²) in [6.45, 7) is 6.14. The Labute approximate surface area is 113 Å². The van der Waals surface area contributed by atoms with E-state index in [1.165, 1.54) is 6.07 Å². The fraction of sp³-hybridized carbons (Fsp3) is 0.625. The van der Waals surface area contributed by atoms with Crippen LogP contribution in [0.3, 0.4) is 0 Å². The summed E-state index contributed by atoms with van der Waals surface area (Å²) < 4.78 is 20.3. The minimum atomic E-state index is -0.531. The summed E-state index contributed by atoms with van der Waals surface area (Å²) in [6, 6.07) is 6.95. The molecule has 1 aromatic rings. The fourth-order valence-corrected chi connectivity index (χ4v) is 3.92. The van der Waals surface area contributed by atoms with Gasteiger partial charge >= 0.3 is 0 Å².